The fourth-order valence-corrected chi connectivity index (χ4v) is 3.52. The predicted molar refractivity (Wildman–Crippen MR) is 84.3 cm³/mol. The zero-order chi connectivity index (χ0) is 16.1. The molecular weight excluding hydrogens is 290 g/mol. The highest BCUT2D eigenvalue weighted by Crippen LogP contribution is 2.31. The molecule has 6 heteroatoms. The van der Waals surface area contributed by atoms with Crippen LogP contribution in [-0.4, -0.2) is 27.2 Å². The van der Waals surface area contributed by atoms with Gasteiger partial charge in [-0.3, -0.25) is 0 Å². The van der Waals surface area contributed by atoms with E-state index in [1.807, 2.05) is 34.6 Å². The van der Waals surface area contributed by atoms with Crippen LogP contribution in [0.2, 0.25) is 0 Å². The molecule has 0 spiro atoms. The summed E-state index contributed by atoms with van der Waals surface area (Å²) in [7, 11) is -3.37. The van der Waals surface area contributed by atoms with E-state index in [9.17, 15) is 8.42 Å². The van der Waals surface area contributed by atoms with E-state index in [0.29, 0.717) is 30.3 Å². The van der Waals surface area contributed by atoms with Crippen molar-refractivity contribution in [2.75, 3.05) is 13.2 Å². The fraction of sp³-hybridized carbons (Fsp3) is 0.600. The lowest BCUT2D eigenvalue weighted by molar-refractivity contribution is 0.171. The Morgan fingerprint density at radius 2 is 1.67 bits per heavy atom. The first-order valence-electron chi connectivity index (χ1n) is 7.15. The van der Waals surface area contributed by atoms with Crippen molar-refractivity contribution in [3.05, 3.63) is 23.8 Å². The summed E-state index contributed by atoms with van der Waals surface area (Å²) in [5.74, 6) is 1.20. The molecule has 5 nitrogen and oxygen atoms in total. The van der Waals surface area contributed by atoms with E-state index in [1.165, 1.54) is 0 Å². The third-order valence-corrected chi connectivity index (χ3v) is 4.06. The van der Waals surface area contributed by atoms with Crippen LogP contribution < -0.4 is 14.2 Å². The largest absolute Gasteiger partial charge is 0.486 e. The zero-order valence-electron chi connectivity index (χ0n) is 13.4. The van der Waals surface area contributed by atoms with E-state index in [-0.39, 0.29) is 5.75 Å². The number of hydrogen-bond acceptors (Lipinski definition) is 4. The van der Waals surface area contributed by atoms with Gasteiger partial charge in [-0.05, 0) is 38.5 Å². The van der Waals surface area contributed by atoms with Crippen molar-refractivity contribution in [2.24, 2.45) is 0 Å². The van der Waals surface area contributed by atoms with Gasteiger partial charge in [0.1, 0.15) is 13.2 Å². The summed E-state index contributed by atoms with van der Waals surface area (Å²) in [6.45, 7) is 10.5. The van der Waals surface area contributed by atoms with Gasteiger partial charge >= 0.3 is 0 Å². The van der Waals surface area contributed by atoms with Crippen molar-refractivity contribution in [1.29, 1.82) is 0 Å². The van der Waals surface area contributed by atoms with Gasteiger partial charge in [-0.2, -0.15) is 0 Å². The number of nitrogens with one attached hydrogen (secondary N) is 1. The highest BCUT2D eigenvalue weighted by atomic mass is 32.2. The van der Waals surface area contributed by atoms with Crippen molar-refractivity contribution < 1.29 is 17.9 Å². The van der Waals surface area contributed by atoms with E-state index in [1.54, 1.807) is 18.2 Å². The summed E-state index contributed by atoms with van der Waals surface area (Å²) in [4.78, 5) is 0. The van der Waals surface area contributed by atoms with Crippen LogP contribution in [0.5, 0.6) is 11.5 Å². The molecule has 0 radical (unpaired) electrons. The van der Waals surface area contributed by atoms with Crippen LogP contribution in [0.25, 0.3) is 0 Å². The molecule has 0 bridgehead atoms. The lowest BCUT2D eigenvalue weighted by Gasteiger charge is -2.21. The van der Waals surface area contributed by atoms with E-state index in [0.717, 1.165) is 0 Å². The first kappa shape index (κ1) is 17.8. The highest BCUT2D eigenvalue weighted by molar-refractivity contribution is 7.88. The lowest BCUT2D eigenvalue weighted by Crippen LogP contribution is -2.41. The monoisotopic (exact) mass is 315 g/mol. The maximum absolute atomic E-state index is 12.0. The Hall–Kier alpha value is -1.27. The Balaban J connectivity index is 0.00000106. The maximum Gasteiger partial charge on any atom is 0.216 e. The Morgan fingerprint density at radius 3 is 2.24 bits per heavy atom. The lowest BCUT2D eigenvalue weighted by atomic mass is 10.1. The van der Waals surface area contributed by atoms with Gasteiger partial charge in [0.05, 0.1) is 5.75 Å². The molecule has 1 heterocycles. The smallest absolute Gasteiger partial charge is 0.216 e. The third kappa shape index (κ3) is 5.93. The normalized spacial score (nSPS) is 14.1. The average molecular weight is 315 g/mol. The molecule has 1 aliphatic heterocycles. The molecule has 1 N–H and O–H groups in total. The Morgan fingerprint density at radius 1 is 1.10 bits per heavy atom. The molecule has 1 aromatic rings. The Labute approximate surface area is 127 Å². The molecular formula is C15H25NO4S. The first-order chi connectivity index (χ1) is 9.75. The average Bonchev–Trinajstić information content (AvgIpc) is 2.37. The van der Waals surface area contributed by atoms with Gasteiger partial charge in [0.25, 0.3) is 0 Å². The second-order valence-electron chi connectivity index (χ2n) is 5.59. The molecule has 0 aromatic heterocycles. The molecule has 0 fully saturated rings. The maximum atomic E-state index is 12.0. The molecule has 0 saturated carbocycles. The van der Waals surface area contributed by atoms with E-state index in [2.05, 4.69) is 4.72 Å². The second kappa shape index (κ2) is 7.13. The minimum atomic E-state index is -3.37. The fourth-order valence-electron chi connectivity index (χ4n) is 1.90. The van der Waals surface area contributed by atoms with Gasteiger partial charge in [0.2, 0.25) is 10.0 Å². The second-order valence-corrected chi connectivity index (χ2v) is 7.31. The summed E-state index contributed by atoms with van der Waals surface area (Å²) in [5.41, 5.74) is 0.202. The number of rotatable bonds is 3. The quantitative estimate of drug-likeness (QED) is 0.931. The van der Waals surface area contributed by atoms with Gasteiger partial charge in [-0.25, -0.2) is 13.1 Å². The highest BCUT2D eigenvalue weighted by Gasteiger charge is 2.21. The number of benzene rings is 1. The predicted octanol–water partition coefficient (Wildman–Crippen LogP) is 2.70. The summed E-state index contributed by atoms with van der Waals surface area (Å²) in [6.07, 6.45) is 0. The van der Waals surface area contributed by atoms with Crippen LogP contribution in [0.15, 0.2) is 18.2 Å². The number of fused-ring (bicyclic) bond motifs is 1. The standard InChI is InChI=1S/C13H19NO4S.C2H6/c1-13(2,3)14-19(15,16)9-10-4-5-11-12(8-10)18-7-6-17-11;1-2/h4-5,8,14H,6-7,9H2,1-3H3;1-2H3. The summed E-state index contributed by atoms with van der Waals surface area (Å²) in [5, 5.41) is 0. The molecule has 0 atom stereocenters. The Kier molecular flexibility index (Phi) is 6.04. The van der Waals surface area contributed by atoms with Crippen molar-refractivity contribution in [3.8, 4) is 11.5 Å². The SMILES string of the molecule is CC.CC(C)(C)NS(=O)(=O)Cc1ccc2c(c1)OCCO2. The molecule has 0 saturated heterocycles. The van der Waals surface area contributed by atoms with Gasteiger partial charge in [0, 0.05) is 5.54 Å². The van der Waals surface area contributed by atoms with Crippen LogP contribution in [0.1, 0.15) is 40.2 Å². The molecule has 120 valence electrons. The minimum absolute atomic E-state index is 0.0685. The molecule has 0 amide bonds. The topological polar surface area (TPSA) is 64.6 Å². The molecule has 0 aliphatic carbocycles. The minimum Gasteiger partial charge on any atom is -0.486 e. The van der Waals surface area contributed by atoms with Gasteiger partial charge in [0.15, 0.2) is 11.5 Å². The van der Waals surface area contributed by atoms with Gasteiger partial charge < -0.3 is 9.47 Å². The van der Waals surface area contributed by atoms with Crippen molar-refractivity contribution in [1.82, 2.24) is 4.72 Å². The third-order valence-electron chi connectivity index (χ3n) is 2.42. The molecule has 1 aromatic carbocycles. The van der Waals surface area contributed by atoms with Gasteiger partial charge in [-0.15, -0.1) is 0 Å². The van der Waals surface area contributed by atoms with Crippen molar-refractivity contribution >= 4 is 10.0 Å². The van der Waals surface area contributed by atoms with Crippen LogP contribution in [-0.2, 0) is 15.8 Å². The number of hydrogen-bond donors (Lipinski definition) is 1. The van der Waals surface area contributed by atoms with Crippen molar-refractivity contribution in [3.63, 3.8) is 0 Å². The van der Waals surface area contributed by atoms with Crippen molar-refractivity contribution in [2.45, 2.75) is 45.9 Å². The number of ether oxygens (including phenoxy) is 2. The van der Waals surface area contributed by atoms with Crippen LogP contribution in [0.4, 0.5) is 0 Å². The number of sulfonamides is 1. The van der Waals surface area contributed by atoms with E-state index in [4.69, 9.17) is 9.47 Å². The molecule has 0 unspecified atom stereocenters. The van der Waals surface area contributed by atoms with E-state index < -0.39 is 15.6 Å². The Bertz CT molecular complexity index is 562. The van der Waals surface area contributed by atoms with Crippen LogP contribution >= 0.6 is 0 Å². The first-order valence-corrected chi connectivity index (χ1v) is 8.81. The van der Waals surface area contributed by atoms with Crippen LogP contribution in [0.3, 0.4) is 0 Å². The van der Waals surface area contributed by atoms with Gasteiger partial charge in [-0.1, -0.05) is 19.9 Å². The van der Waals surface area contributed by atoms with Crippen LogP contribution in [0, 0.1) is 0 Å². The summed E-state index contributed by atoms with van der Waals surface area (Å²) >= 11 is 0. The summed E-state index contributed by atoms with van der Waals surface area (Å²) < 4.78 is 37.5. The molecule has 1 aliphatic rings. The summed E-state index contributed by atoms with van der Waals surface area (Å²) in [6, 6.07) is 5.21. The zero-order valence-corrected chi connectivity index (χ0v) is 14.2. The van der Waals surface area contributed by atoms with E-state index >= 15 is 0 Å². The molecule has 2 rings (SSSR count). The molecule has 21 heavy (non-hydrogen) atoms.